The first kappa shape index (κ1) is 22.5. The minimum Gasteiger partial charge on any atom is -0.325 e. The number of hydrogen-bond donors (Lipinski definition) is 2. The van der Waals surface area contributed by atoms with Gasteiger partial charge in [0.05, 0.1) is 22.3 Å². The molecule has 1 saturated heterocycles. The van der Waals surface area contributed by atoms with Crippen LogP contribution in [0.4, 0.5) is 17.3 Å². The van der Waals surface area contributed by atoms with Crippen LogP contribution in [0.3, 0.4) is 0 Å². The van der Waals surface area contributed by atoms with Crippen LogP contribution in [0, 0.1) is 0 Å². The molecule has 1 aliphatic carbocycles. The molecule has 1 spiro atoms. The van der Waals surface area contributed by atoms with Gasteiger partial charge < -0.3 is 15.5 Å². The summed E-state index contributed by atoms with van der Waals surface area (Å²) in [5, 5.41) is 6.96. The zero-order valence-electron chi connectivity index (χ0n) is 20.0. The zero-order chi connectivity index (χ0) is 24.0. The minimum absolute atomic E-state index is 0.147. The highest BCUT2D eigenvalue weighted by Gasteiger charge is 2.57. The van der Waals surface area contributed by atoms with Crippen molar-refractivity contribution in [3.05, 3.63) is 76.1 Å². The van der Waals surface area contributed by atoms with Crippen molar-refractivity contribution in [3.8, 4) is 0 Å². The van der Waals surface area contributed by atoms with E-state index in [0.29, 0.717) is 23.3 Å². The number of likely N-dealkylation sites (tertiary alicyclic amines) is 1. The number of carbonyl (C=O) groups excluding carboxylic acids is 1. The summed E-state index contributed by atoms with van der Waals surface area (Å²) < 4.78 is 0. The second-order valence-corrected chi connectivity index (χ2v) is 10.6. The molecule has 2 aromatic carbocycles. The Morgan fingerprint density at radius 2 is 1.89 bits per heavy atom. The largest absolute Gasteiger partial charge is 0.325 e. The Morgan fingerprint density at radius 1 is 1.11 bits per heavy atom. The maximum Gasteiger partial charge on any atom is 0.235 e. The summed E-state index contributed by atoms with van der Waals surface area (Å²) in [6, 6.07) is 14.8. The Morgan fingerprint density at radius 3 is 2.63 bits per heavy atom. The van der Waals surface area contributed by atoms with Crippen molar-refractivity contribution in [2.45, 2.75) is 49.9 Å². The molecule has 0 radical (unpaired) electrons. The standard InChI is InChI=1S/C28H30ClN5O/c1-34-15-11-19(12-16-34)18-5-8-21(9-6-18)31-27-30-17-22(29)23(33-27)10-7-20-3-2-4-24-25(20)28(13-14-28)26(35)32-24/h2-6,8-9,17,19H,7,10-16H2,1H3,(H,32,35)(H,30,31,33). The lowest BCUT2D eigenvalue weighted by molar-refractivity contribution is -0.117. The quantitative estimate of drug-likeness (QED) is 0.483. The molecule has 0 atom stereocenters. The van der Waals surface area contributed by atoms with Gasteiger partial charge in [-0.05, 0) is 99.5 Å². The smallest absolute Gasteiger partial charge is 0.235 e. The normalized spacial score (nSPS) is 19.0. The molecule has 0 unspecified atom stereocenters. The Hall–Kier alpha value is -2.96. The van der Waals surface area contributed by atoms with Crippen LogP contribution in [0.25, 0.3) is 0 Å². The van der Waals surface area contributed by atoms with Gasteiger partial charge in [-0.3, -0.25) is 4.79 Å². The second kappa shape index (κ2) is 8.92. The lowest BCUT2D eigenvalue weighted by Crippen LogP contribution is -2.29. The van der Waals surface area contributed by atoms with Gasteiger partial charge in [0.15, 0.2) is 0 Å². The molecule has 1 amide bonds. The van der Waals surface area contributed by atoms with Gasteiger partial charge in [0.2, 0.25) is 11.9 Å². The summed E-state index contributed by atoms with van der Waals surface area (Å²) in [5.74, 6) is 1.33. The Balaban J connectivity index is 1.14. The van der Waals surface area contributed by atoms with Gasteiger partial charge in [-0.15, -0.1) is 0 Å². The fraction of sp³-hybridized carbons (Fsp3) is 0.393. The number of amides is 1. The highest BCUT2D eigenvalue weighted by molar-refractivity contribution is 6.31. The van der Waals surface area contributed by atoms with Gasteiger partial charge in [0, 0.05) is 11.4 Å². The average Bonchev–Trinajstić information content (AvgIpc) is 3.62. The van der Waals surface area contributed by atoms with Crippen LogP contribution in [0.1, 0.15) is 54.0 Å². The maximum absolute atomic E-state index is 12.5. The fourth-order valence-electron chi connectivity index (χ4n) is 5.64. The number of aryl methyl sites for hydroxylation is 2. The number of rotatable bonds is 6. The van der Waals surface area contributed by atoms with E-state index in [1.54, 1.807) is 6.20 Å². The van der Waals surface area contributed by atoms with Crippen molar-refractivity contribution in [2.75, 3.05) is 30.8 Å². The Bertz CT molecular complexity index is 1260. The van der Waals surface area contributed by atoms with E-state index in [4.69, 9.17) is 16.6 Å². The third kappa shape index (κ3) is 4.30. The topological polar surface area (TPSA) is 70.2 Å². The van der Waals surface area contributed by atoms with Crippen LogP contribution in [0.15, 0.2) is 48.7 Å². The van der Waals surface area contributed by atoms with Crippen LogP contribution < -0.4 is 10.6 Å². The molecule has 3 aliphatic rings. The summed E-state index contributed by atoms with van der Waals surface area (Å²) >= 11 is 6.47. The van der Waals surface area contributed by atoms with Crippen LogP contribution in [-0.4, -0.2) is 40.9 Å². The highest BCUT2D eigenvalue weighted by Crippen LogP contribution is 2.56. The number of halogens is 1. The lowest BCUT2D eigenvalue weighted by atomic mass is 9.89. The zero-order valence-corrected chi connectivity index (χ0v) is 20.7. The van der Waals surface area contributed by atoms with Gasteiger partial charge in [0.25, 0.3) is 0 Å². The van der Waals surface area contributed by atoms with Gasteiger partial charge >= 0.3 is 0 Å². The van der Waals surface area contributed by atoms with Crippen LogP contribution in [0.5, 0.6) is 0 Å². The molecular weight excluding hydrogens is 458 g/mol. The van der Waals surface area contributed by atoms with Gasteiger partial charge in [-0.1, -0.05) is 35.9 Å². The van der Waals surface area contributed by atoms with E-state index in [1.165, 1.54) is 29.5 Å². The van der Waals surface area contributed by atoms with Gasteiger partial charge in [-0.2, -0.15) is 0 Å². The minimum atomic E-state index is -0.298. The number of nitrogens with one attached hydrogen (secondary N) is 2. The van der Waals surface area contributed by atoms with Crippen molar-refractivity contribution in [1.29, 1.82) is 0 Å². The second-order valence-electron chi connectivity index (χ2n) is 10.2. The molecule has 3 heterocycles. The highest BCUT2D eigenvalue weighted by atomic mass is 35.5. The fourth-order valence-corrected chi connectivity index (χ4v) is 5.82. The van der Waals surface area contributed by atoms with E-state index >= 15 is 0 Å². The SMILES string of the molecule is CN1CCC(c2ccc(Nc3ncc(Cl)c(CCc4cccc5c4C4(CC4)C(=O)N5)n3)cc2)CC1. The molecule has 2 aliphatic heterocycles. The number of carbonyl (C=O) groups is 1. The van der Waals surface area contributed by atoms with Crippen molar-refractivity contribution < 1.29 is 4.79 Å². The number of piperidine rings is 1. The van der Waals surface area contributed by atoms with Crippen molar-refractivity contribution in [3.63, 3.8) is 0 Å². The number of fused-ring (bicyclic) bond motifs is 2. The Kier molecular flexibility index (Phi) is 5.73. The van der Waals surface area contributed by atoms with E-state index in [-0.39, 0.29) is 11.3 Å². The number of hydrogen-bond acceptors (Lipinski definition) is 5. The van der Waals surface area contributed by atoms with E-state index in [9.17, 15) is 4.79 Å². The number of aromatic nitrogens is 2. The number of nitrogens with zero attached hydrogens (tertiary/aromatic N) is 3. The van der Waals surface area contributed by atoms with Crippen molar-refractivity contribution >= 4 is 34.8 Å². The first-order valence-corrected chi connectivity index (χ1v) is 12.9. The first-order valence-electron chi connectivity index (χ1n) is 12.5. The van der Waals surface area contributed by atoms with Crippen LogP contribution in [0.2, 0.25) is 5.02 Å². The molecule has 2 N–H and O–H groups in total. The predicted octanol–water partition coefficient (Wildman–Crippen LogP) is 5.45. The van der Waals surface area contributed by atoms with E-state index < -0.39 is 0 Å². The van der Waals surface area contributed by atoms with Crippen molar-refractivity contribution in [2.24, 2.45) is 0 Å². The summed E-state index contributed by atoms with van der Waals surface area (Å²) in [6.45, 7) is 2.32. The first-order chi connectivity index (χ1) is 17.0. The molecule has 35 heavy (non-hydrogen) atoms. The average molecular weight is 488 g/mol. The van der Waals surface area contributed by atoms with Gasteiger partial charge in [0.1, 0.15) is 0 Å². The molecule has 2 fully saturated rings. The summed E-state index contributed by atoms with van der Waals surface area (Å²) in [7, 11) is 2.19. The third-order valence-corrected chi connectivity index (χ3v) is 8.18. The molecule has 1 aromatic heterocycles. The van der Waals surface area contributed by atoms with Crippen LogP contribution >= 0.6 is 11.6 Å². The van der Waals surface area contributed by atoms with E-state index in [2.05, 4.69) is 57.9 Å². The monoisotopic (exact) mass is 487 g/mol. The summed E-state index contributed by atoms with van der Waals surface area (Å²) in [5.41, 5.74) is 6.23. The van der Waals surface area contributed by atoms with Gasteiger partial charge in [-0.25, -0.2) is 9.97 Å². The molecule has 1 saturated carbocycles. The molecule has 0 bridgehead atoms. The predicted molar refractivity (Wildman–Crippen MR) is 140 cm³/mol. The van der Waals surface area contributed by atoms with E-state index in [0.717, 1.165) is 49.4 Å². The number of benzene rings is 2. The molecule has 6 nitrogen and oxygen atoms in total. The molecule has 180 valence electrons. The maximum atomic E-state index is 12.5. The van der Waals surface area contributed by atoms with Crippen LogP contribution in [-0.2, 0) is 23.1 Å². The lowest BCUT2D eigenvalue weighted by Gasteiger charge is -2.29. The third-order valence-electron chi connectivity index (χ3n) is 7.87. The number of anilines is 3. The molecule has 7 heteroatoms. The Labute approximate surface area is 211 Å². The van der Waals surface area contributed by atoms with Crippen molar-refractivity contribution in [1.82, 2.24) is 14.9 Å². The molecular formula is C28H30ClN5O. The molecule has 3 aromatic rings. The summed E-state index contributed by atoms with van der Waals surface area (Å²) in [4.78, 5) is 24.0. The van der Waals surface area contributed by atoms with E-state index in [1.807, 2.05) is 12.1 Å². The molecule has 6 rings (SSSR count). The summed E-state index contributed by atoms with van der Waals surface area (Å²) in [6.07, 6.45) is 7.42.